The monoisotopic (exact) mass is 309 g/mol. The van der Waals surface area contributed by atoms with Crippen molar-refractivity contribution in [1.82, 2.24) is 4.31 Å². The van der Waals surface area contributed by atoms with Crippen molar-refractivity contribution in [2.45, 2.75) is 17.1 Å². The van der Waals surface area contributed by atoms with Gasteiger partial charge >= 0.3 is 0 Å². The average Bonchev–Trinajstić information content (AvgIpc) is 2.86. The Balaban J connectivity index is 2.21. The summed E-state index contributed by atoms with van der Waals surface area (Å²) in [4.78, 5) is 0. The summed E-state index contributed by atoms with van der Waals surface area (Å²) in [6.45, 7) is 0.646. The zero-order valence-corrected chi connectivity index (χ0v) is 11.5. The molecule has 15 heavy (non-hydrogen) atoms. The molecule has 1 aliphatic rings. The van der Waals surface area contributed by atoms with Gasteiger partial charge in [0.15, 0.2) is 0 Å². The maximum atomic E-state index is 12.1. The molecule has 1 aromatic heterocycles. The van der Waals surface area contributed by atoms with Crippen molar-refractivity contribution < 1.29 is 8.42 Å². The van der Waals surface area contributed by atoms with E-state index in [4.69, 9.17) is 0 Å². The van der Waals surface area contributed by atoms with Crippen molar-refractivity contribution in [3.05, 3.63) is 15.9 Å². The lowest BCUT2D eigenvalue weighted by Crippen LogP contribution is -2.28. The number of hydrogen-bond donors (Lipinski definition) is 0. The molecular formula is C9H12BrNO2S2. The van der Waals surface area contributed by atoms with E-state index < -0.39 is 10.0 Å². The van der Waals surface area contributed by atoms with Crippen molar-refractivity contribution in [2.75, 3.05) is 13.6 Å². The molecule has 0 spiro atoms. The summed E-state index contributed by atoms with van der Waals surface area (Å²) in [6.07, 6.45) is 2.32. The molecule has 84 valence electrons. The average molecular weight is 310 g/mol. The molecule has 0 aliphatic heterocycles. The Morgan fingerprint density at radius 1 is 1.60 bits per heavy atom. The SMILES string of the molecule is CN(CC1CC1)S(=O)(=O)c1sccc1Br. The van der Waals surface area contributed by atoms with Crippen LogP contribution in [0.15, 0.2) is 20.1 Å². The van der Waals surface area contributed by atoms with Crippen molar-refractivity contribution >= 4 is 37.3 Å². The first kappa shape index (κ1) is 11.6. The van der Waals surface area contributed by atoms with Crippen LogP contribution in [0.2, 0.25) is 0 Å². The highest BCUT2D eigenvalue weighted by Gasteiger charge is 2.30. The molecule has 1 aliphatic carbocycles. The molecule has 0 unspecified atom stereocenters. The van der Waals surface area contributed by atoms with Crippen molar-refractivity contribution in [2.24, 2.45) is 5.92 Å². The third kappa shape index (κ3) is 2.43. The number of sulfonamides is 1. The third-order valence-corrected chi connectivity index (χ3v) is 6.91. The van der Waals surface area contributed by atoms with Crippen molar-refractivity contribution in [3.63, 3.8) is 0 Å². The molecule has 2 rings (SSSR count). The van der Waals surface area contributed by atoms with Gasteiger partial charge in [0.25, 0.3) is 10.0 Å². The molecule has 0 saturated heterocycles. The molecule has 3 nitrogen and oxygen atoms in total. The molecule has 0 radical (unpaired) electrons. The number of thiophene rings is 1. The van der Waals surface area contributed by atoms with Crippen LogP contribution in [-0.4, -0.2) is 26.3 Å². The Morgan fingerprint density at radius 3 is 2.73 bits per heavy atom. The highest BCUT2D eigenvalue weighted by molar-refractivity contribution is 9.10. The van der Waals surface area contributed by atoms with Gasteiger partial charge in [-0.1, -0.05) is 0 Å². The van der Waals surface area contributed by atoms with E-state index in [1.165, 1.54) is 15.6 Å². The smallest absolute Gasteiger partial charge is 0.206 e. The first-order valence-corrected chi connectivity index (χ1v) is 7.82. The summed E-state index contributed by atoms with van der Waals surface area (Å²) in [7, 11) is -1.62. The molecular weight excluding hydrogens is 298 g/mol. The van der Waals surface area contributed by atoms with Crippen molar-refractivity contribution in [3.8, 4) is 0 Å². The van der Waals surface area contributed by atoms with E-state index in [-0.39, 0.29) is 0 Å². The van der Waals surface area contributed by atoms with Crippen molar-refractivity contribution in [1.29, 1.82) is 0 Å². The minimum Gasteiger partial charge on any atom is -0.206 e. The van der Waals surface area contributed by atoms with Crippen LogP contribution in [0.5, 0.6) is 0 Å². The van der Waals surface area contributed by atoms with Crippen LogP contribution in [-0.2, 0) is 10.0 Å². The predicted molar refractivity (Wildman–Crippen MR) is 64.6 cm³/mol. The zero-order chi connectivity index (χ0) is 11.1. The maximum absolute atomic E-state index is 12.1. The van der Waals surface area contributed by atoms with E-state index in [0.717, 1.165) is 12.8 Å². The van der Waals surface area contributed by atoms with Gasteiger partial charge < -0.3 is 0 Å². The topological polar surface area (TPSA) is 37.4 Å². The van der Waals surface area contributed by atoms with Crippen LogP contribution in [0.4, 0.5) is 0 Å². The quantitative estimate of drug-likeness (QED) is 0.857. The van der Waals surface area contributed by atoms with Gasteiger partial charge in [-0.15, -0.1) is 11.3 Å². The number of halogens is 1. The van der Waals surface area contributed by atoms with Gasteiger partial charge in [-0.3, -0.25) is 0 Å². The highest BCUT2D eigenvalue weighted by atomic mass is 79.9. The van der Waals surface area contributed by atoms with E-state index in [2.05, 4.69) is 15.9 Å². The standard InChI is InChI=1S/C9H12BrNO2S2/c1-11(6-7-2-3-7)15(12,13)9-8(10)4-5-14-9/h4-5,7H,2-3,6H2,1H3. The summed E-state index contributed by atoms with van der Waals surface area (Å²) < 4.78 is 26.7. The Morgan fingerprint density at radius 2 is 2.27 bits per heavy atom. The molecule has 1 heterocycles. The van der Waals surface area contributed by atoms with Crippen LogP contribution >= 0.6 is 27.3 Å². The summed E-state index contributed by atoms with van der Waals surface area (Å²) in [5.41, 5.74) is 0. The van der Waals surface area contributed by atoms with Gasteiger partial charge in [0.1, 0.15) is 4.21 Å². The van der Waals surface area contributed by atoms with Gasteiger partial charge in [0.2, 0.25) is 0 Å². The Hall–Kier alpha value is 0.0900. The van der Waals surface area contributed by atoms with Gasteiger partial charge in [-0.2, -0.15) is 4.31 Å². The Labute approximate surface area is 102 Å². The van der Waals surface area contributed by atoms with E-state index in [9.17, 15) is 8.42 Å². The fraction of sp³-hybridized carbons (Fsp3) is 0.556. The lowest BCUT2D eigenvalue weighted by atomic mass is 10.4. The lowest BCUT2D eigenvalue weighted by Gasteiger charge is -2.15. The second-order valence-corrected chi connectivity index (χ2v) is 7.80. The van der Waals surface area contributed by atoms with Gasteiger partial charge in [0.05, 0.1) is 0 Å². The van der Waals surface area contributed by atoms with E-state index >= 15 is 0 Å². The van der Waals surface area contributed by atoms with E-state index in [1.54, 1.807) is 18.5 Å². The fourth-order valence-corrected chi connectivity index (χ4v) is 5.12. The minimum absolute atomic E-state index is 0.408. The van der Waals surface area contributed by atoms with Crippen LogP contribution in [0, 0.1) is 5.92 Å². The summed E-state index contributed by atoms with van der Waals surface area (Å²) >= 11 is 4.51. The molecule has 0 atom stereocenters. The Kier molecular flexibility index (Phi) is 3.21. The second kappa shape index (κ2) is 4.16. The van der Waals surface area contributed by atoms with E-state index in [1.807, 2.05) is 0 Å². The minimum atomic E-state index is -3.28. The molecule has 1 aromatic rings. The molecule has 0 N–H and O–H groups in total. The molecule has 0 aromatic carbocycles. The van der Waals surface area contributed by atoms with Gasteiger partial charge in [-0.05, 0) is 46.1 Å². The largest absolute Gasteiger partial charge is 0.253 e. The fourth-order valence-electron chi connectivity index (χ4n) is 1.37. The number of nitrogens with zero attached hydrogens (tertiary/aromatic N) is 1. The zero-order valence-electron chi connectivity index (χ0n) is 8.31. The molecule has 0 amide bonds. The lowest BCUT2D eigenvalue weighted by molar-refractivity contribution is 0.454. The maximum Gasteiger partial charge on any atom is 0.253 e. The van der Waals surface area contributed by atoms with Gasteiger partial charge in [0, 0.05) is 18.1 Å². The molecule has 6 heteroatoms. The summed E-state index contributed by atoms with van der Waals surface area (Å²) in [5.74, 6) is 0.573. The first-order valence-electron chi connectivity index (χ1n) is 4.71. The number of hydrogen-bond acceptors (Lipinski definition) is 3. The third-order valence-electron chi connectivity index (χ3n) is 2.44. The molecule has 1 fully saturated rings. The van der Waals surface area contributed by atoms with Crippen LogP contribution < -0.4 is 0 Å². The van der Waals surface area contributed by atoms with Crippen LogP contribution in [0.1, 0.15) is 12.8 Å². The number of rotatable bonds is 4. The van der Waals surface area contributed by atoms with E-state index in [0.29, 0.717) is 21.1 Å². The predicted octanol–water partition coefficient (Wildman–Crippen LogP) is 2.54. The first-order chi connectivity index (χ1) is 7.01. The second-order valence-electron chi connectivity index (χ2n) is 3.78. The van der Waals surface area contributed by atoms with Crippen LogP contribution in [0.3, 0.4) is 0 Å². The van der Waals surface area contributed by atoms with Crippen LogP contribution in [0.25, 0.3) is 0 Å². The summed E-state index contributed by atoms with van der Waals surface area (Å²) in [5, 5.41) is 1.78. The van der Waals surface area contributed by atoms with Gasteiger partial charge in [-0.25, -0.2) is 8.42 Å². The molecule has 0 bridgehead atoms. The summed E-state index contributed by atoms with van der Waals surface area (Å²) in [6, 6.07) is 1.77. The normalized spacial score (nSPS) is 17.3. The Bertz CT molecular complexity index is 450. The molecule has 1 saturated carbocycles. The highest BCUT2D eigenvalue weighted by Crippen LogP contribution is 2.34.